The summed E-state index contributed by atoms with van der Waals surface area (Å²) in [5.41, 5.74) is 2.48. The first-order chi connectivity index (χ1) is 9.72. The van der Waals surface area contributed by atoms with Gasteiger partial charge in [-0.2, -0.15) is 0 Å². The largest absolute Gasteiger partial charge is 0.486 e. The van der Waals surface area contributed by atoms with Crippen molar-refractivity contribution in [2.45, 2.75) is 40.3 Å². The second-order valence-electron chi connectivity index (χ2n) is 4.86. The van der Waals surface area contributed by atoms with E-state index >= 15 is 0 Å². The maximum Gasteiger partial charge on any atom is 0.146 e. The lowest BCUT2D eigenvalue weighted by Gasteiger charge is -2.05. The summed E-state index contributed by atoms with van der Waals surface area (Å²) in [6, 6.07) is 10.3. The quantitative estimate of drug-likeness (QED) is 0.832. The molecule has 0 aliphatic carbocycles. The van der Waals surface area contributed by atoms with Crippen LogP contribution >= 0.6 is 0 Å². The molecular weight excluding hydrogens is 250 g/mol. The smallest absolute Gasteiger partial charge is 0.146 e. The molecule has 1 N–H and O–H groups in total. The molecule has 0 unspecified atom stereocenters. The number of benzene rings is 1. The van der Waals surface area contributed by atoms with Crippen molar-refractivity contribution in [1.29, 1.82) is 0 Å². The Bertz CT molecular complexity index is 546. The minimum Gasteiger partial charge on any atom is -0.486 e. The van der Waals surface area contributed by atoms with Crippen LogP contribution in [0.1, 0.15) is 36.5 Å². The first kappa shape index (κ1) is 14.7. The molecule has 2 rings (SSSR count). The Balaban J connectivity index is 1.96. The monoisotopic (exact) mass is 273 g/mol. The molecule has 0 aliphatic rings. The molecular formula is C17H23NO2. The Kier molecular flexibility index (Phi) is 5.24. The zero-order valence-corrected chi connectivity index (χ0v) is 12.5. The van der Waals surface area contributed by atoms with Gasteiger partial charge in [-0.05, 0) is 43.7 Å². The molecule has 0 radical (unpaired) electrons. The highest BCUT2D eigenvalue weighted by molar-refractivity contribution is 5.29. The molecule has 1 aromatic carbocycles. The van der Waals surface area contributed by atoms with Gasteiger partial charge < -0.3 is 14.5 Å². The number of ether oxygens (including phenoxy) is 1. The van der Waals surface area contributed by atoms with E-state index < -0.39 is 0 Å². The average Bonchev–Trinajstić information content (AvgIpc) is 2.83. The molecule has 2 aromatic rings. The van der Waals surface area contributed by atoms with Crippen LogP contribution in [0, 0.1) is 6.92 Å². The van der Waals surface area contributed by atoms with E-state index in [0.717, 1.165) is 36.8 Å². The number of rotatable bonds is 7. The van der Waals surface area contributed by atoms with Crippen LogP contribution in [-0.2, 0) is 19.6 Å². The summed E-state index contributed by atoms with van der Waals surface area (Å²) >= 11 is 0. The molecule has 3 heteroatoms. The third kappa shape index (κ3) is 3.87. The lowest BCUT2D eigenvalue weighted by Crippen LogP contribution is -2.11. The van der Waals surface area contributed by atoms with Gasteiger partial charge in [0.25, 0.3) is 0 Å². The van der Waals surface area contributed by atoms with E-state index in [-0.39, 0.29) is 0 Å². The number of aryl methyl sites for hydroxylation is 2. The molecule has 0 spiro atoms. The summed E-state index contributed by atoms with van der Waals surface area (Å²) in [6.45, 7) is 8.51. The van der Waals surface area contributed by atoms with Gasteiger partial charge in [-0.25, -0.2) is 0 Å². The van der Waals surface area contributed by atoms with Crippen LogP contribution in [0.2, 0.25) is 0 Å². The molecule has 0 saturated carbocycles. The molecule has 0 amide bonds. The van der Waals surface area contributed by atoms with Gasteiger partial charge in [-0.15, -0.1) is 0 Å². The fraction of sp³-hybridized carbons (Fsp3) is 0.412. The molecule has 20 heavy (non-hydrogen) atoms. The summed E-state index contributed by atoms with van der Waals surface area (Å²) in [4.78, 5) is 0. The van der Waals surface area contributed by atoms with E-state index in [2.05, 4.69) is 37.4 Å². The summed E-state index contributed by atoms with van der Waals surface area (Å²) < 4.78 is 11.5. The highest BCUT2D eigenvalue weighted by Crippen LogP contribution is 2.19. The van der Waals surface area contributed by atoms with Crippen LogP contribution in [0.3, 0.4) is 0 Å². The predicted octanol–water partition coefficient (Wildman–Crippen LogP) is 3.84. The summed E-state index contributed by atoms with van der Waals surface area (Å²) in [7, 11) is 0. The van der Waals surface area contributed by atoms with Gasteiger partial charge in [0.05, 0.1) is 0 Å². The standard InChI is InChI=1S/C17H23NO2/c1-4-14-7-6-8-16(9-14)19-12-17-10-15(11-18-5-2)13(3)20-17/h6-10,18H,4-5,11-12H2,1-3H3. The summed E-state index contributed by atoms with van der Waals surface area (Å²) in [5.74, 6) is 2.73. The summed E-state index contributed by atoms with van der Waals surface area (Å²) in [6.07, 6.45) is 1.02. The van der Waals surface area contributed by atoms with Gasteiger partial charge >= 0.3 is 0 Å². The zero-order chi connectivity index (χ0) is 14.4. The van der Waals surface area contributed by atoms with Gasteiger partial charge in [0.15, 0.2) is 0 Å². The molecule has 1 heterocycles. The number of hydrogen-bond acceptors (Lipinski definition) is 3. The van der Waals surface area contributed by atoms with Crippen molar-refractivity contribution in [2.24, 2.45) is 0 Å². The van der Waals surface area contributed by atoms with Gasteiger partial charge in [0.2, 0.25) is 0 Å². The second-order valence-corrected chi connectivity index (χ2v) is 4.86. The molecule has 3 nitrogen and oxygen atoms in total. The fourth-order valence-corrected chi connectivity index (χ4v) is 2.10. The second kappa shape index (κ2) is 7.15. The highest BCUT2D eigenvalue weighted by Gasteiger charge is 2.07. The number of furan rings is 1. The Hall–Kier alpha value is -1.74. The minimum atomic E-state index is 0.472. The predicted molar refractivity (Wildman–Crippen MR) is 81.0 cm³/mol. The van der Waals surface area contributed by atoms with E-state index in [1.54, 1.807) is 0 Å². The van der Waals surface area contributed by atoms with E-state index in [1.807, 2.05) is 19.1 Å². The van der Waals surface area contributed by atoms with Crippen LogP contribution in [-0.4, -0.2) is 6.54 Å². The van der Waals surface area contributed by atoms with Gasteiger partial charge in [-0.3, -0.25) is 0 Å². The lowest BCUT2D eigenvalue weighted by molar-refractivity contribution is 0.267. The Morgan fingerprint density at radius 2 is 2.05 bits per heavy atom. The first-order valence-electron chi connectivity index (χ1n) is 7.23. The third-order valence-corrected chi connectivity index (χ3v) is 3.32. The Morgan fingerprint density at radius 3 is 2.80 bits per heavy atom. The third-order valence-electron chi connectivity index (χ3n) is 3.32. The minimum absolute atomic E-state index is 0.472. The molecule has 0 atom stereocenters. The molecule has 0 aliphatic heterocycles. The maximum atomic E-state index is 5.79. The van der Waals surface area contributed by atoms with Crippen molar-refractivity contribution < 1.29 is 9.15 Å². The normalized spacial score (nSPS) is 10.8. The van der Waals surface area contributed by atoms with E-state index in [9.17, 15) is 0 Å². The van der Waals surface area contributed by atoms with Crippen molar-refractivity contribution >= 4 is 0 Å². The highest BCUT2D eigenvalue weighted by atomic mass is 16.5. The zero-order valence-electron chi connectivity index (χ0n) is 12.5. The van der Waals surface area contributed by atoms with Crippen LogP contribution in [0.5, 0.6) is 5.75 Å². The van der Waals surface area contributed by atoms with Crippen LogP contribution in [0.25, 0.3) is 0 Å². The SMILES string of the molecule is CCNCc1cc(COc2cccc(CC)c2)oc1C. The van der Waals surface area contributed by atoms with Crippen LogP contribution in [0.4, 0.5) is 0 Å². The number of nitrogens with one attached hydrogen (secondary N) is 1. The lowest BCUT2D eigenvalue weighted by atomic mass is 10.2. The Morgan fingerprint density at radius 1 is 1.20 bits per heavy atom. The van der Waals surface area contributed by atoms with Crippen molar-refractivity contribution in [3.8, 4) is 5.75 Å². The Labute approximate surface area is 121 Å². The first-order valence-corrected chi connectivity index (χ1v) is 7.23. The fourth-order valence-electron chi connectivity index (χ4n) is 2.10. The van der Waals surface area contributed by atoms with E-state index in [0.29, 0.717) is 6.61 Å². The molecule has 0 bridgehead atoms. The van der Waals surface area contributed by atoms with E-state index in [1.165, 1.54) is 11.1 Å². The average molecular weight is 273 g/mol. The van der Waals surface area contributed by atoms with Gasteiger partial charge in [0, 0.05) is 12.1 Å². The summed E-state index contributed by atoms with van der Waals surface area (Å²) in [5, 5.41) is 3.31. The van der Waals surface area contributed by atoms with Crippen molar-refractivity contribution in [3.63, 3.8) is 0 Å². The van der Waals surface area contributed by atoms with Gasteiger partial charge in [-0.1, -0.05) is 26.0 Å². The molecule has 1 aromatic heterocycles. The maximum absolute atomic E-state index is 5.79. The topological polar surface area (TPSA) is 34.4 Å². The molecule has 108 valence electrons. The molecule has 0 fully saturated rings. The van der Waals surface area contributed by atoms with Crippen molar-refractivity contribution in [3.05, 3.63) is 53.0 Å². The van der Waals surface area contributed by atoms with E-state index in [4.69, 9.17) is 9.15 Å². The van der Waals surface area contributed by atoms with Crippen molar-refractivity contribution in [1.82, 2.24) is 5.32 Å². The van der Waals surface area contributed by atoms with Crippen LogP contribution in [0.15, 0.2) is 34.7 Å². The molecule has 0 saturated heterocycles. The van der Waals surface area contributed by atoms with Crippen LogP contribution < -0.4 is 10.1 Å². The van der Waals surface area contributed by atoms with Crippen molar-refractivity contribution in [2.75, 3.05) is 6.54 Å². The van der Waals surface area contributed by atoms with Gasteiger partial charge in [0.1, 0.15) is 23.9 Å². The number of hydrogen-bond donors (Lipinski definition) is 1.